The van der Waals surface area contributed by atoms with Gasteiger partial charge < -0.3 is 9.84 Å². The van der Waals surface area contributed by atoms with E-state index in [1.807, 2.05) is 30.3 Å². The van der Waals surface area contributed by atoms with Crippen LogP contribution in [0.25, 0.3) is 10.9 Å². The molecule has 4 nitrogen and oxygen atoms in total. The lowest BCUT2D eigenvalue weighted by atomic mass is 9.91. The summed E-state index contributed by atoms with van der Waals surface area (Å²) in [7, 11) is 1.56. The van der Waals surface area contributed by atoms with E-state index in [9.17, 15) is 9.90 Å². The Hall–Kier alpha value is -2.88. The predicted octanol–water partition coefficient (Wildman–Crippen LogP) is 3.46. The first-order chi connectivity index (χ1) is 10.7. The monoisotopic (exact) mass is 293 g/mol. The molecule has 0 aliphatic carbocycles. The SMILES string of the molecule is COc1cccc(C(C(=O)O)c2cnc3ccccc3c2)c1. The molecule has 0 amide bonds. The van der Waals surface area contributed by atoms with Crippen LogP contribution in [0.4, 0.5) is 0 Å². The Labute approximate surface area is 128 Å². The van der Waals surface area contributed by atoms with Gasteiger partial charge in [-0.2, -0.15) is 0 Å². The highest BCUT2D eigenvalue weighted by molar-refractivity contribution is 5.84. The fourth-order valence-corrected chi connectivity index (χ4v) is 2.54. The molecule has 0 saturated heterocycles. The third-order valence-electron chi connectivity index (χ3n) is 3.62. The maximum atomic E-state index is 11.8. The summed E-state index contributed by atoms with van der Waals surface area (Å²) >= 11 is 0. The van der Waals surface area contributed by atoms with Gasteiger partial charge in [-0.1, -0.05) is 30.3 Å². The van der Waals surface area contributed by atoms with Crippen LogP contribution in [0.1, 0.15) is 17.0 Å². The van der Waals surface area contributed by atoms with Crippen molar-refractivity contribution in [3.8, 4) is 5.75 Å². The van der Waals surface area contributed by atoms with E-state index in [0.29, 0.717) is 16.9 Å². The second-order valence-electron chi connectivity index (χ2n) is 5.01. The Bertz CT molecular complexity index is 829. The zero-order valence-electron chi connectivity index (χ0n) is 12.1. The van der Waals surface area contributed by atoms with Crippen molar-refractivity contribution in [3.63, 3.8) is 0 Å². The van der Waals surface area contributed by atoms with Gasteiger partial charge in [-0.25, -0.2) is 0 Å². The van der Waals surface area contributed by atoms with E-state index in [1.165, 1.54) is 0 Å². The van der Waals surface area contributed by atoms with Gasteiger partial charge in [0.15, 0.2) is 0 Å². The molecule has 3 aromatic rings. The molecule has 110 valence electrons. The molecule has 2 aromatic carbocycles. The number of carboxylic acids is 1. The average molecular weight is 293 g/mol. The highest BCUT2D eigenvalue weighted by atomic mass is 16.5. The quantitative estimate of drug-likeness (QED) is 0.800. The number of ether oxygens (including phenoxy) is 1. The van der Waals surface area contributed by atoms with Crippen molar-refractivity contribution in [2.24, 2.45) is 0 Å². The molecule has 1 atom stereocenters. The van der Waals surface area contributed by atoms with Crippen molar-refractivity contribution < 1.29 is 14.6 Å². The normalized spacial score (nSPS) is 12.0. The van der Waals surface area contributed by atoms with E-state index in [1.54, 1.807) is 37.6 Å². The first-order valence-electron chi connectivity index (χ1n) is 6.90. The highest BCUT2D eigenvalue weighted by Gasteiger charge is 2.23. The summed E-state index contributed by atoms with van der Waals surface area (Å²) in [4.78, 5) is 16.1. The fraction of sp³-hybridized carbons (Fsp3) is 0.111. The molecule has 3 rings (SSSR count). The van der Waals surface area contributed by atoms with Crippen molar-refractivity contribution in [1.29, 1.82) is 0 Å². The van der Waals surface area contributed by atoms with E-state index < -0.39 is 11.9 Å². The van der Waals surface area contributed by atoms with E-state index in [0.717, 1.165) is 10.9 Å². The van der Waals surface area contributed by atoms with Gasteiger partial charge in [-0.15, -0.1) is 0 Å². The molecule has 0 bridgehead atoms. The Morgan fingerprint density at radius 3 is 2.68 bits per heavy atom. The summed E-state index contributed by atoms with van der Waals surface area (Å²) in [6, 6.07) is 16.6. The van der Waals surface area contributed by atoms with Crippen LogP contribution in [-0.2, 0) is 4.79 Å². The van der Waals surface area contributed by atoms with Crippen LogP contribution < -0.4 is 4.74 Å². The van der Waals surface area contributed by atoms with Crippen LogP contribution in [0.15, 0.2) is 60.8 Å². The third kappa shape index (κ3) is 2.63. The summed E-state index contributed by atoms with van der Waals surface area (Å²) in [5, 5.41) is 10.6. The van der Waals surface area contributed by atoms with Gasteiger partial charge in [-0.3, -0.25) is 9.78 Å². The third-order valence-corrected chi connectivity index (χ3v) is 3.62. The Balaban J connectivity index is 2.11. The Morgan fingerprint density at radius 1 is 1.09 bits per heavy atom. The number of rotatable bonds is 4. The summed E-state index contributed by atoms with van der Waals surface area (Å²) in [6.45, 7) is 0. The summed E-state index contributed by atoms with van der Waals surface area (Å²) in [5.74, 6) is -1.05. The molecule has 1 heterocycles. The molecule has 0 spiro atoms. The molecule has 1 unspecified atom stereocenters. The van der Waals surface area contributed by atoms with Crippen LogP contribution in [0.5, 0.6) is 5.75 Å². The molecule has 0 fully saturated rings. The molecular formula is C18H15NO3. The van der Waals surface area contributed by atoms with Crippen molar-refractivity contribution in [3.05, 3.63) is 71.9 Å². The number of pyridine rings is 1. The van der Waals surface area contributed by atoms with Crippen LogP contribution in [0, 0.1) is 0 Å². The maximum absolute atomic E-state index is 11.8. The maximum Gasteiger partial charge on any atom is 0.315 e. The molecule has 0 saturated carbocycles. The number of hydrogen-bond donors (Lipinski definition) is 1. The van der Waals surface area contributed by atoms with Gasteiger partial charge >= 0.3 is 5.97 Å². The standard InChI is InChI=1S/C18H15NO3/c1-22-15-7-4-6-13(10-15)17(18(20)21)14-9-12-5-2-3-8-16(12)19-11-14/h2-11,17H,1H3,(H,20,21). The lowest BCUT2D eigenvalue weighted by Crippen LogP contribution is -2.13. The first kappa shape index (κ1) is 14.1. The Morgan fingerprint density at radius 2 is 1.91 bits per heavy atom. The second-order valence-corrected chi connectivity index (χ2v) is 5.01. The van der Waals surface area contributed by atoms with Crippen molar-refractivity contribution in [2.75, 3.05) is 7.11 Å². The van der Waals surface area contributed by atoms with Gasteiger partial charge in [0, 0.05) is 11.6 Å². The van der Waals surface area contributed by atoms with Crippen LogP contribution in [0.2, 0.25) is 0 Å². The number of aliphatic carboxylic acids is 1. The number of carbonyl (C=O) groups is 1. The lowest BCUT2D eigenvalue weighted by Gasteiger charge is -2.14. The van der Waals surface area contributed by atoms with Crippen LogP contribution >= 0.6 is 0 Å². The number of para-hydroxylation sites is 1. The minimum Gasteiger partial charge on any atom is -0.497 e. The first-order valence-corrected chi connectivity index (χ1v) is 6.90. The number of benzene rings is 2. The number of nitrogens with zero attached hydrogens (tertiary/aromatic N) is 1. The summed E-state index contributed by atoms with van der Waals surface area (Å²) in [6.07, 6.45) is 1.63. The molecule has 0 aliphatic rings. The molecule has 4 heteroatoms. The minimum atomic E-state index is -0.912. The van der Waals surface area contributed by atoms with Crippen molar-refractivity contribution in [1.82, 2.24) is 4.98 Å². The van der Waals surface area contributed by atoms with Crippen molar-refractivity contribution in [2.45, 2.75) is 5.92 Å². The largest absolute Gasteiger partial charge is 0.497 e. The van der Waals surface area contributed by atoms with E-state index >= 15 is 0 Å². The number of aromatic nitrogens is 1. The number of fused-ring (bicyclic) bond motifs is 1. The smallest absolute Gasteiger partial charge is 0.315 e. The van der Waals surface area contributed by atoms with Gasteiger partial charge in [0.25, 0.3) is 0 Å². The van der Waals surface area contributed by atoms with Gasteiger partial charge in [0.1, 0.15) is 11.7 Å². The van der Waals surface area contributed by atoms with E-state index in [4.69, 9.17) is 4.74 Å². The number of carboxylic acid groups (broad SMARTS) is 1. The van der Waals surface area contributed by atoms with Crippen LogP contribution in [-0.4, -0.2) is 23.2 Å². The minimum absolute atomic E-state index is 0.637. The zero-order valence-corrected chi connectivity index (χ0v) is 12.1. The van der Waals surface area contributed by atoms with E-state index in [-0.39, 0.29) is 0 Å². The van der Waals surface area contributed by atoms with Gasteiger partial charge in [-0.05, 0) is 35.4 Å². The fourth-order valence-electron chi connectivity index (χ4n) is 2.54. The molecule has 1 aromatic heterocycles. The topological polar surface area (TPSA) is 59.4 Å². The molecule has 0 radical (unpaired) electrons. The second kappa shape index (κ2) is 5.85. The van der Waals surface area contributed by atoms with Gasteiger partial charge in [0.05, 0.1) is 12.6 Å². The average Bonchev–Trinajstić information content (AvgIpc) is 2.55. The van der Waals surface area contributed by atoms with Crippen LogP contribution in [0.3, 0.4) is 0 Å². The van der Waals surface area contributed by atoms with Gasteiger partial charge in [0.2, 0.25) is 0 Å². The molecule has 22 heavy (non-hydrogen) atoms. The molecule has 0 aliphatic heterocycles. The molecule has 1 N–H and O–H groups in total. The highest BCUT2D eigenvalue weighted by Crippen LogP contribution is 2.29. The lowest BCUT2D eigenvalue weighted by molar-refractivity contribution is -0.137. The summed E-state index contributed by atoms with van der Waals surface area (Å²) < 4.78 is 5.18. The molecular weight excluding hydrogens is 278 g/mol. The van der Waals surface area contributed by atoms with E-state index in [2.05, 4.69) is 4.98 Å². The van der Waals surface area contributed by atoms with Crippen molar-refractivity contribution >= 4 is 16.9 Å². The summed E-state index contributed by atoms with van der Waals surface area (Å²) in [5.41, 5.74) is 2.17. The Kier molecular flexibility index (Phi) is 3.74. The predicted molar refractivity (Wildman–Crippen MR) is 84.2 cm³/mol. The number of hydrogen-bond acceptors (Lipinski definition) is 3. The zero-order chi connectivity index (χ0) is 15.5. The number of methoxy groups -OCH3 is 1.